The van der Waals surface area contributed by atoms with Gasteiger partial charge in [-0.05, 0) is 18.3 Å². The molecule has 0 amide bonds. The minimum absolute atomic E-state index is 0. The fourth-order valence-corrected chi connectivity index (χ4v) is 1.72. The molecule has 2 atom stereocenters. The molecule has 0 spiro atoms. The maximum atomic E-state index is 10.8. The van der Waals surface area contributed by atoms with E-state index in [1.165, 1.54) is 6.42 Å². The van der Waals surface area contributed by atoms with Gasteiger partial charge in [0.2, 0.25) is 0 Å². The second-order valence-corrected chi connectivity index (χ2v) is 3.30. The summed E-state index contributed by atoms with van der Waals surface area (Å²) in [6.07, 6.45) is 5.56. The van der Waals surface area contributed by atoms with Gasteiger partial charge >= 0.3 is 5.69 Å². The van der Waals surface area contributed by atoms with Crippen LogP contribution < -0.4 is 16.4 Å². The van der Waals surface area contributed by atoms with Gasteiger partial charge in [-0.3, -0.25) is 0 Å². The van der Waals surface area contributed by atoms with Gasteiger partial charge < -0.3 is 9.97 Å². The van der Waals surface area contributed by atoms with Gasteiger partial charge in [-0.2, -0.15) is 0 Å². The lowest BCUT2D eigenvalue weighted by atomic mass is 10.2. The topological polar surface area (TPSA) is 48.6 Å². The Morgan fingerprint density at radius 2 is 1.69 bits per heavy atom. The number of hydrogen-bond donors (Lipinski definition) is 2. The third-order valence-electron chi connectivity index (χ3n) is 2.44. The van der Waals surface area contributed by atoms with Gasteiger partial charge in [-0.1, -0.05) is 26.0 Å². The molecule has 2 unspecified atom stereocenters. The first-order valence-corrected chi connectivity index (χ1v) is 4.85. The fourth-order valence-electron chi connectivity index (χ4n) is 1.72. The fraction of sp³-hybridized carbons (Fsp3) is 0.500. The highest BCUT2D eigenvalue weighted by Gasteiger charge is 2.34. The predicted octanol–water partition coefficient (Wildman–Crippen LogP) is 0.432. The third kappa shape index (κ3) is 1.34. The summed E-state index contributed by atoms with van der Waals surface area (Å²) in [5, 5.41) is 1.96. The molecule has 0 bridgehead atoms. The van der Waals surface area contributed by atoms with E-state index in [9.17, 15) is 4.79 Å². The molecule has 1 heterocycles. The van der Waals surface area contributed by atoms with Crippen molar-refractivity contribution in [3.63, 3.8) is 0 Å². The van der Waals surface area contributed by atoms with Gasteiger partial charge in [-0.15, -0.1) is 0 Å². The summed E-state index contributed by atoms with van der Waals surface area (Å²) in [4.78, 5) is 16.3. The normalized spacial score (nSPS) is 26.9. The van der Waals surface area contributed by atoms with Crippen LogP contribution in [0.5, 0.6) is 0 Å². The van der Waals surface area contributed by atoms with E-state index in [4.69, 9.17) is 0 Å². The number of fused-ring (bicyclic) bond motifs is 2. The highest BCUT2D eigenvalue weighted by Crippen LogP contribution is 2.41. The van der Waals surface area contributed by atoms with Gasteiger partial charge in [-0.25, -0.2) is 4.79 Å². The number of aromatic amines is 2. The quantitative estimate of drug-likeness (QED) is 0.600. The average molecular weight is 182 g/mol. The zero-order valence-electron chi connectivity index (χ0n) is 7.92. The standard InChI is InChI=1S/C8H8N2O.C2H6.2H2/c11-8-9-6-2-4-1-5(4)3-7(6)10-8;1-2;;/h2-5H,1H2,(H2,9,10,11);1-2H3;2*1H. The van der Waals surface area contributed by atoms with Crippen LogP contribution in [0.4, 0.5) is 0 Å². The third-order valence-corrected chi connectivity index (χ3v) is 2.44. The molecule has 1 fully saturated rings. The van der Waals surface area contributed by atoms with Crippen LogP contribution in [-0.2, 0) is 0 Å². The second-order valence-electron chi connectivity index (χ2n) is 3.30. The van der Waals surface area contributed by atoms with Gasteiger partial charge in [0.05, 0.1) is 10.7 Å². The lowest BCUT2D eigenvalue weighted by Gasteiger charge is -1.89. The van der Waals surface area contributed by atoms with Crippen LogP contribution in [-0.4, -0.2) is 9.97 Å². The van der Waals surface area contributed by atoms with Crippen LogP contribution in [0.1, 0.15) is 23.1 Å². The van der Waals surface area contributed by atoms with E-state index in [0.29, 0.717) is 11.8 Å². The van der Waals surface area contributed by atoms with Crippen molar-refractivity contribution in [2.75, 3.05) is 0 Å². The first-order chi connectivity index (χ1) is 6.33. The minimum Gasteiger partial charge on any atom is -0.306 e. The highest BCUT2D eigenvalue weighted by atomic mass is 16.1. The van der Waals surface area contributed by atoms with Crippen LogP contribution in [0.25, 0.3) is 12.2 Å². The molecule has 2 aliphatic carbocycles. The number of imidazole rings is 1. The molecule has 74 valence electrons. The smallest absolute Gasteiger partial charge is 0.306 e. The van der Waals surface area contributed by atoms with E-state index >= 15 is 0 Å². The molecular formula is C10H18N2O. The highest BCUT2D eigenvalue weighted by molar-refractivity contribution is 5.46. The number of nitrogens with one attached hydrogen (secondary N) is 2. The van der Waals surface area contributed by atoms with E-state index in [-0.39, 0.29) is 8.54 Å². The monoisotopic (exact) mass is 182 g/mol. The van der Waals surface area contributed by atoms with Gasteiger partial charge in [0.15, 0.2) is 0 Å². The van der Waals surface area contributed by atoms with E-state index in [1.807, 2.05) is 13.8 Å². The van der Waals surface area contributed by atoms with E-state index < -0.39 is 0 Å². The van der Waals surface area contributed by atoms with Crippen LogP contribution >= 0.6 is 0 Å². The van der Waals surface area contributed by atoms with Crippen molar-refractivity contribution in [2.45, 2.75) is 20.3 Å². The molecule has 3 rings (SSSR count). The van der Waals surface area contributed by atoms with Crippen molar-refractivity contribution in [1.82, 2.24) is 9.97 Å². The molecule has 0 aliphatic heterocycles. The summed E-state index contributed by atoms with van der Waals surface area (Å²) < 4.78 is 0. The number of aromatic nitrogens is 2. The molecule has 2 N–H and O–H groups in total. The Kier molecular flexibility index (Phi) is 1.87. The number of hydrogen-bond acceptors (Lipinski definition) is 1. The molecular weight excluding hydrogens is 164 g/mol. The summed E-state index contributed by atoms with van der Waals surface area (Å²) in [5.74, 6) is 1.41. The van der Waals surface area contributed by atoms with Gasteiger partial charge in [0.1, 0.15) is 0 Å². The van der Waals surface area contributed by atoms with Gasteiger partial charge in [0.25, 0.3) is 0 Å². The maximum Gasteiger partial charge on any atom is 0.323 e. The van der Waals surface area contributed by atoms with Crippen molar-refractivity contribution in [2.24, 2.45) is 11.8 Å². The largest absolute Gasteiger partial charge is 0.323 e. The Morgan fingerprint density at radius 3 is 2.15 bits per heavy atom. The molecule has 0 aromatic carbocycles. The number of rotatable bonds is 0. The summed E-state index contributed by atoms with van der Waals surface area (Å²) >= 11 is 0. The Hall–Kier alpha value is -1.25. The van der Waals surface area contributed by atoms with Crippen molar-refractivity contribution >= 4 is 12.2 Å². The van der Waals surface area contributed by atoms with Crippen LogP contribution in [0.15, 0.2) is 4.79 Å². The summed E-state index contributed by atoms with van der Waals surface area (Å²) in [7, 11) is 0. The van der Waals surface area contributed by atoms with Crippen molar-refractivity contribution in [3.8, 4) is 0 Å². The maximum absolute atomic E-state index is 10.8. The Morgan fingerprint density at radius 1 is 1.23 bits per heavy atom. The molecule has 1 aromatic rings. The number of H-pyrrole nitrogens is 2. The second kappa shape index (κ2) is 2.91. The van der Waals surface area contributed by atoms with E-state index in [0.717, 1.165) is 10.7 Å². The van der Waals surface area contributed by atoms with Crippen molar-refractivity contribution < 1.29 is 2.85 Å². The van der Waals surface area contributed by atoms with Crippen LogP contribution in [0, 0.1) is 11.8 Å². The molecule has 1 aromatic heterocycles. The summed E-state index contributed by atoms with van der Waals surface area (Å²) in [6, 6.07) is 0. The van der Waals surface area contributed by atoms with Crippen molar-refractivity contribution in [3.05, 3.63) is 21.2 Å². The SMILES string of the molecule is CC.O=c1[nH]c2c([nH]1)=CC1CC1C=2.[HH].[HH]. The Bertz CT molecular complexity index is 434. The van der Waals surface area contributed by atoms with Gasteiger partial charge in [0, 0.05) is 2.85 Å². The molecule has 0 saturated heterocycles. The summed E-state index contributed by atoms with van der Waals surface area (Å²) in [5.41, 5.74) is -0.0937. The molecule has 2 aliphatic rings. The first-order valence-electron chi connectivity index (χ1n) is 4.85. The van der Waals surface area contributed by atoms with Crippen LogP contribution in [0.2, 0.25) is 0 Å². The minimum atomic E-state index is -0.0937. The van der Waals surface area contributed by atoms with E-state index in [2.05, 4.69) is 22.1 Å². The zero-order valence-corrected chi connectivity index (χ0v) is 7.92. The molecule has 3 heteroatoms. The molecule has 13 heavy (non-hydrogen) atoms. The first kappa shape index (κ1) is 8.35. The molecule has 1 saturated carbocycles. The Labute approximate surface area is 79.2 Å². The lowest BCUT2D eigenvalue weighted by molar-refractivity contribution is 1.04. The zero-order chi connectivity index (χ0) is 9.42. The molecule has 0 radical (unpaired) electrons. The molecule has 3 nitrogen and oxygen atoms in total. The Balaban J connectivity index is 0.000000466. The van der Waals surface area contributed by atoms with Crippen LogP contribution in [0.3, 0.4) is 0 Å². The summed E-state index contributed by atoms with van der Waals surface area (Å²) in [6.45, 7) is 4.00. The predicted molar refractivity (Wildman–Crippen MR) is 56.8 cm³/mol. The lowest BCUT2D eigenvalue weighted by Crippen LogP contribution is -2.26. The van der Waals surface area contributed by atoms with E-state index in [1.54, 1.807) is 0 Å². The van der Waals surface area contributed by atoms with Crippen molar-refractivity contribution in [1.29, 1.82) is 0 Å². The average Bonchev–Trinajstić information content (AvgIpc) is 2.77.